The summed E-state index contributed by atoms with van der Waals surface area (Å²) in [6.07, 6.45) is 3.96. The van der Waals surface area contributed by atoms with Crippen LogP contribution in [0, 0.1) is 11.6 Å². The highest BCUT2D eigenvalue weighted by Crippen LogP contribution is 2.34. The highest BCUT2D eigenvalue weighted by atomic mass is 19.1. The number of benzene rings is 2. The van der Waals surface area contributed by atoms with Crippen LogP contribution >= 0.6 is 0 Å². The summed E-state index contributed by atoms with van der Waals surface area (Å²) < 4.78 is 34.1. The van der Waals surface area contributed by atoms with Gasteiger partial charge in [0.25, 0.3) is 0 Å². The van der Waals surface area contributed by atoms with Crippen molar-refractivity contribution in [2.24, 2.45) is 0 Å². The summed E-state index contributed by atoms with van der Waals surface area (Å²) in [6, 6.07) is 11.2. The van der Waals surface area contributed by atoms with Crippen LogP contribution in [0.2, 0.25) is 0 Å². The fraction of sp³-hybridized carbons (Fsp3) is 0.250. The van der Waals surface area contributed by atoms with E-state index in [0.717, 1.165) is 42.4 Å². The smallest absolute Gasteiger partial charge is 0.226 e. The van der Waals surface area contributed by atoms with Gasteiger partial charge in [0, 0.05) is 41.3 Å². The maximum Gasteiger partial charge on any atom is 0.226 e. The van der Waals surface area contributed by atoms with Crippen molar-refractivity contribution in [1.29, 1.82) is 0 Å². The van der Waals surface area contributed by atoms with Crippen molar-refractivity contribution in [3.8, 4) is 28.3 Å². The van der Waals surface area contributed by atoms with E-state index in [9.17, 15) is 8.78 Å². The molecule has 2 aromatic carbocycles. The second kappa shape index (κ2) is 8.55. The van der Waals surface area contributed by atoms with Crippen LogP contribution in [0.3, 0.4) is 0 Å². The van der Waals surface area contributed by atoms with Crippen LogP contribution in [0.15, 0.2) is 48.7 Å². The highest BCUT2D eigenvalue weighted by Gasteiger charge is 2.18. The Hall–Kier alpha value is -3.52. The predicted octanol–water partition coefficient (Wildman–Crippen LogP) is 4.74. The number of aromatic nitrogens is 3. The van der Waals surface area contributed by atoms with Gasteiger partial charge in [0.05, 0.1) is 18.4 Å². The van der Waals surface area contributed by atoms with Gasteiger partial charge in [-0.15, -0.1) is 0 Å². The average Bonchev–Trinajstić information content (AvgIpc) is 3.23. The maximum atomic E-state index is 14.4. The van der Waals surface area contributed by atoms with E-state index in [1.54, 1.807) is 25.3 Å². The number of aromatic amines is 1. The van der Waals surface area contributed by atoms with Gasteiger partial charge in [0.1, 0.15) is 11.6 Å². The van der Waals surface area contributed by atoms with E-state index in [4.69, 9.17) is 9.72 Å². The summed E-state index contributed by atoms with van der Waals surface area (Å²) in [6.45, 7) is 1.86. The zero-order chi connectivity index (χ0) is 22.1. The minimum absolute atomic E-state index is 0.0472. The lowest BCUT2D eigenvalue weighted by molar-refractivity contribution is 0.397. The van der Waals surface area contributed by atoms with Crippen molar-refractivity contribution in [1.82, 2.24) is 20.3 Å². The number of hydrogen-bond acceptors (Lipinski definition) is 5. The fourth-order valence-electron chi connectivity index (χ4n) is 4.15. The summed E-state index contributed by atoms with van der Waals surface area (Å²) in [5, 5.41) is 7.55. The van der Waals surface area contributed by atoms with E-state index < -0.39 is 11.6 Å². The van der Waals surface area contributed by atoms with Crippen LogP contribution in [0.5, 0.6) is 5.88 Å². The molecule has 3 heterocycles. The number of hydrogen-bond donors (Lipinski definition) is 3. The van der Waals surface area contributed by atoms with Gasteiger partial charge < -0.3 is 20.4 Å². The SMILES string of the molecule is COc1cc(-c2c[nH]c3ccc(-c4c(F)cccc4F)cc23)nc(NC2CCCNC2)n1. The standard InChI is InChI=1S/C24H23F2N5O/c1-32-22-11-21(30-24(31-22)29-15-4-3-9-27-12-15)17-13-28-20-8-7-14(10-16(17)20)23-18(25)5-2-6-19(23)26/h2,5-8,10-11,13,15,27-28H,3-4,9,12H2,1H3,(H,29,30,31). The Bertz CT molecular complexity index is 1250. The van der Waals surface area contributed by atoms with Crippen LogP contribution in [0.1, 0.15) is 12.8 Å². The number of nitrogens with one attached hydrogen (secondary N) is 3. The molecule has 1 aliphatic rings. The number of methoxy groups -OCH3 is 1. The molecule has 0 spiro atoms. The van der Waals surface area contributed by atoms with Crippen molar-refractivity contribution in [2.75, 3.05) is 25.5 Å². The minimum atomic E-state index is -0.599. The first-order valence-corrected chi connectivity index (χ1v) is 10.6. The van der Waals surface area contributed by atoms with Crippen molar-refractivity contribution < 1.29 is 13.5 Å². The lowest BCUT2D eigenvalue weighted by Crippen LogP contribution is -2.38. The number of rotatable bonds is 5. The molecule has 2 aromatic heterocycles. The Morgan fingerprint density at radius 1 is 1.09 bits per heavy atom. The first-order chi connectivity index (χ1) is 15.6. The van der Waals surface area contributed by atoms with E-state index in [1.165, 1.54) is 18.2 Å². The van der Waals surface area contributed by atoms with E-state index in [2.05, 4.69) is 20.6 Å². The summed E-state index contributed by atoms with van der Waals surface area (Å²) in [5.41, 5.74) is 2.70. The molecular weight excluding hydrogens is 412 g/mol. The van der Waals surface area contributed by atoms with Crippen LogP contribution in [-0.2, 0) is 0 Å². The molecule has 164 valence electrons. The van der Waals surface area contributed by atoms with E-state index >= 15 is 0 Å². The molecule has 0 bridgehead atoms. The quantitative estimate of drug-likeness (QED) is 0.422. The summed E-state index contributed by atoms with van der Waals surface area (Å²) in [5.74, 6) is -0.277. The molecule has 0 saturated carbocycles. The first-order valence-electron chi connectivity index (χ1n) is 10.6. The third-order valence-electron chi connectivity index (χ3n) is 5.75. The molecule has 0 amide bonds. The van der Waals surface area contributed by atoms with Crippen molar-refractivity contribution >= 4 is 16.9 Å². The Labute approximate surface area is 184 Å². The van der Waals surface area contributed by atoms with Gasteiger partial charge in [-0.3, -0.25) is 0 Å². The summed E-state index contributed by atoms with van der Waals surface area (Å²) >= 11 is 0. The van der Waals surface area contributed by atoms with E-state index in [0.29, 0.717) is 23.1 Å². The number of nitrogens with zero attached hydrogens (tertiary/aromatic N) is 2. The topological polar surface area (TPSA) is 74.9 Å². The van der Waals surface area contributed by atoms with Gasteiger partial charge in [-0.2, -0.15) is 4.98 Å². The van der Waals surface area contributed by atoms with Crippen molar-refractivity contribution in [2.45, 2.75) is 18.9 Å². The first kappa shape index (κ1) is 20.4. The second-order valence-corrected chi connectivity index (χ2v) is 7.87. The average molecular weight is 435 g/mol. The molecule has 3 N–H and O–H groups in total. The van der Waals surface area contributed by atoms with Crippen LogP contribution in [-0.4, -0.2) is 41.2 Å². The van der Waals surface area contributed by atoms with E-state index in [1.807, 2.05) is 12.3 Å². The second-order valence-electron chi connectivity index (χ2n) is 7.87. The van der Waals surface area contributed by atoms with Crippen molar-refractivity contribution in [3.63, 3.8) is 0 Å². The van der Waals surface area contributed by atoms with E-state index in [-0.39, 0.29) is 11.6 Å². The van der Waals surface area contributed by atoms with Crippen LogP contribution in [0.25, 0.3) is 33.3 Å². The molecule has 1 atom stereocenters. The maximum absolute atomic E-state index is 14.4. The van der Waals surface area contributed by atoms with Crippen LogP contribution in [0.4, 0.5) is 14.7 Å². The number of halogens is 2. The molecule has 0 radical (unpaired) electrons. The summed E-state index contributed by atoms with van der Waals surface area (Å²) in [4.78, 5) is 12.4. The third-order valence-corrected chi connectivity index (χ3v) is 5.75. The molecular formula is C24H23F2N5O. The number of ether oxygens (including phenoxy) is 1. The molecule has 1 unspecified atom stereocenters. The highest BCUT2D eigenvalue weighted by molar-refractivity contribution is 5.97. The molecule has 32 heavy (non-hydrogen) atoms. The Balaban J connectivity index is 1.57. The van der Waals surface area contributed by atoms with Gasteiger partial charge >= 0.3 is 0 Å². The lowest BCUT2D eigenvalue weighted by Gasteiger charge is -2.24. The molecule has 1 saturated heterocycles. The molecule has 6 nitrogen and oxygen atoms in total. The number of anilines is 1. The lowest BCUT2D eigenvalue weighted by atomic mass is 10.0. The van der Waals surface area contributed by atoms with Crippen molar-refractivity contribution in [3.05, 3.63) is 60.3 Å². The molecule has 4 aromatic rings. The summed E-state index contributed by atoms with van der Waals surface area (Å²) in [7, 11) is 1.56. The van der Waals surface area contributed by atoms with Gasteiger partial charge in [-0.25, -0.2) is 13.8 Å². The van der Waals surface area contributed by atoms with Gasteiger partial charge in [-0.05, 0) is 49.2 Å². The minimum Gasteiger partial charge on any atom is -0.481 e. The van der Waals surface area contributed by atoms with Gasteiger partial charge in [-0.1, -0.05) is 12.1 Å². The zero-order valence-corrected chi connectivity index (χ0v) is 17.6. The Morgan fingerprint density at radius 2 is 1.94 bits per heavy atom. The number of piperidine rings is 1. The third kappa shape index (κ3) is 3.89. The number of fused-ring (bicyclic) bond motifs is 1. The molecule has 8 heteroatoms. The Kier molecular flexibility index (Phi) is 5.45. The van der Waals surface area contributed by atoms with Crippen LogP contribution < -0.4 is 15.4 Å². The normalized spacial score (nSPS) is 16.3. The molecule has 5 rings (SSSR count). The van der Waals surface area contributed by atoms with Gasteiger partial charge in [0.2, 0.25) is 11.8 Å². The number of H-pyrrole nitrogens is 1. The fourth-order valence-corrected chi connectivity index (χ4v) is 4.15. The molecule has 0 aliphatic carbocycles. The predicted molar refractivity (Wildman–Crippen MR) is 121 cm³/mol. The monoisotopic (exact) mass is 435 g/mol. The molecule has 1 fully saturated rings. The molecule has 1 aliphatic heterocycles. The zero-order valence-electron chi connectivity index (χ0n) is 17.6. The Morgan fingerprint density at radius 3 is 2.69 bits per heavy atom. The van der Waals surface area contributed by atoms with Gasteiger partial charge in [0.15, 0.2) is 0 Å². The largest absolute Gasteiger partial charge is 0.481 e.